The Labute approximate surface area is 83.5 Å². The Morgan fingerprint density at radius 3 is 3.07 bits per heavy atom. The molecule has 1 aromatic heterocycles. The Balaban J connectivity index is 2.27. The highest BCUT2D eigenvalue weighted by atomic mass is 16.5. The third kappa shape index (κ3) is 1.91. The highest BCUT2D eigenvalue weighted by Crippen LogP contribution is 2.27. The molecule has 0 aromatic carbocycles. The third-order valence-corrected chi connectivity index (χ3v) is 2.38. The number of nitrogens with two attached hydrogens (primary N) is 1. The lowest BCUT2D eigenvalue weighted by molar-refractivity contribution is 0.108. The fourth-order valence-corrected chi connectivity index (χ4v) is 1.74. The molecule has 1 aliphatic rings. The Hall–Kier alpha value is -1.00. The van der Waals surface area contributed by atoms with Gasteiger partial charge in [0, 0.05) is 13.2 Å². The molecule has 1 aromatic rings. The first kappa shape index (κ1) is 9.55. The van der Waals surface area contributed by atoms with E-state index in [1.165, 1.54) is 0 Å². The first-order valence-electron chi connectivity index (χ1n) is 4.95. The van der Waals surface area contributed by atoms with Gasteiger partial charge in [0.05, 0.1) is 17.5 Å². The van der Waals surface area contributed by atoms with Crippen LogP contribution in [0.15, 0.2) is 6.07 Å². The van der Waals surface area contributed by atoms with Gasteiger partial charge in [0.2, 0.25) is 0 Å². The molecule has 14 heavy (non-hydrogen) atoms. The zero-order valence-corrected chi connectivity index (χ0v) is 8.36. The predicted molar refractivity (Wildman–Crippen MR) is 52.6 cm³/mol. The van der Waals surface area contributed by atoms with E-state index in [0.29, 0.717) is 6.54 Å². The van der Waals surface area contributed by atoms with Crippen LogP contribution in [0.5, 0.6) is 0 Å². The summed E-state index contributed by atoms with van der Waals surface area (Å²) in [4.78, 5) is 8.60. The maximum atomic E-state index is 5.56. The summed E-state index contributed by atoms with van der Waals surface area (Å²) >= 11 is 0. The second-order valence-corrected chi connectivity index (χ2v) is 3.54. The summed E-state index contributed by atoms with van der Waals surface area (Å²) in [5, 5.41) is 0. The van der Waals surface area contributed by atoms with Crippen molar-refractivity contribution in [2.45, 2.75) is 32.4 Å². The van der Waals surface area contributed by atoms with Crippen molar-refractivity contribution in [3.63, 3.8) is 0 Å². The Morgan fingerprint density at radius 2 is 2.43 bits per heavy atom. The molecule has 1 aliphatic heterocycles. The van der Waals surface area contributed by atoms with E-state index in [0.717, 1.165) is 36.7 Å². The van der Waals surface area contributed by atoms with Crippen LogP contribution in [0.1, 0.15) is 36.2 Å². The zero-order valence-electron chi connectivity index (χ0n) is 8.36. The van der Waals surface area contributed by atoms with Gasteiger partial charge in [-0.05, 0) is 25.8 Å². The molecule has 0 saturated carbocycles. The SMILES string of the molecule is Cc1nc(CN)cc([C@H]2CCCO2)n1. The van der Waals surface area contributed by atoms with Gasteiger partial charge in [-0.1, -0.05) is 0 Å². The molecule has 0 aliphatic carbocycles. The molecule has 0 spiro atoms. The summed E-state index contributed by atoms with van der Waals surface area (Å²) < 4.78 is 5.56. The largest absolute Gasteiger partial charge is 0.372 e. The smallest absolute Gasteiger partial charge is 0.125 e. The van der Waals surface area contributed by atoms with Crippen LogP contribution in [-0.2, 0) is 11.3 Å². The number of ether oxygens (including phenoxy) is 1. The van der Waals surface area contributed by atoms with Crippen molar-refractivity contribution in [1.29, 1.82) is 0 Å². The summed E-state index contributed by atoms with van der Waals surface area (Å²) in [5.74, 6) is 0.776. The van der Waals surface area contributed by atoms with Crippen LogP contribution in [-0.4, -0.2) is 16.6 Å². The summed E-state index contributed by atoms with van der Waals surface area (Å²) in [7, 11) is 0. The standard InChI is InChI=1S/C10H15N3O/c1-7-12-8(6-11)5-9(13-7)10-3-2-4-14-10/h5,10H,2-4,6,11H2,1H3/t10-/m1/s1. The second kappa shape index (κ2) is 4.02. The molecule has 1 atom stereocenters. The number of rotatable bonds is 2. The summed E-state index contributed by atoms with van der Waals surface area (Å²) in [5.41, 5.74) is 7.43. The third-order valence-electron chi connectivity index (χ3n) is 2.38. The van der Waals surface area contributed by atoms with Gasteiger partial charge in [-0.25, -0.2) is 9.97 Å². The van der Waals surface area contributed by atoms with E-state index in [2.05, 4.69) is 9.97 Å². The average Bonchev–Trinajstić information content (AvgIpc) is 2.69. The van der Waals surface area contributed by atoms with Crippen LogP contribution in [0.2, 0.25) is 0 Å². The number of aryl methyl sites for hydroxylation is 1. The minimum atomic E-state index is 0.155. The quantitative estimate of drug-likeness (QED) is 0.764. The minimum Gasteiger partial charge on any atom is -0.372 e. The van der Waals surface area contributed by atoms with Crippen molar-refractivity contribution in [3.05, 3.63) is 23.3 Å². The van der Waals surface area contributed by atoms with E-state index in [1.54, 1.807) is 0 Å². The van der Waals surface area contributed by atoms with Crippen molar-refractivity contribution in [2.24, 2.45) is 5.73 Å². The molecule has 2 N–H and O–H groups in total. The second-order valence-electron chi connectivity index (χ2n) is 3.54. The molecule has 0 unspecified atom stereocenters. The molecule has 4 nitrogen and oxygen atoms in total. The normalized spacial score (nSPS) is 21.4. The van der Waals surface area contributed by atoms with E-state index in [4.69, 9.17) is 10.5 Å². The predicted octanol–water partition coefficient (Wildman–Crippen LogP) is 1.10. The van der Waals surface area contributed by atoms with Gasteiger partial charge in [0.25, 0.3) is 0 Å². The molecular weight excluding hydrogens is 178 g/mol. The fraction of sp³-hybridized carbons (Fsp3) is 0.600. The van der Waals surface area contributed by atoms with Crippen molar-refractivity contribution in [2.75, 3.05) is 6.61 Å². The van der Waals surface area contributed by atoms with E-state index in [-0.39, 0.29) is 6.10 Å². The topological polar surface area (TPSA) is 61.0 Å². The first-order valence-corrected chi connectivity index (χ1v) is 4.95. The molecule has 1 fully saturated rings. The van der Waals surface area contributed by atoms with Gasteiger partial charge in [-0.15, -0.1) is 0 Å². The Bertz CT molecular complexity index is 321. The summed E-state index contributed by atoms with van der Waals surface area (Å²) in [6.07, 6.45) is 2.33. The monoisotopic (exact) mass is 193 g/mol. The number of nitrogens with zero attached hydrogens (tertiary/aromatic N) is 2. The molecule has 1 saturated heterocycles. The van der Waals surface area contributed by atoms with Gasteiger partial charge in [-0.3, -0.25) is 0 Å². The molecule has 4 heteroatoms. The lowest BCUT2D eigenvalue weighted by Gasteiger charge is -2.10. The van der Waals surface area contributed by atoms with Crippen LogP contribution in [0.4, 0.5) is 0 Å². The van der Waals surface area contributed by atoms with Gasteiger partial charge >= 0.3 is 0 Å². The van der Waals surface area contributed by atoms with Crippen LogP contribution in [0.3, 0.4) is 0 Å². The Morgan fingerprint density at radius 1 is 1.57 bits per heavy atom. The van der Waals surface area contributed by atoms with E-state index < -0.39 is 0 Å². The zero-order chi connectivity index (χ0) is 9.97. The first-order chi connectivity index (χ1) is 6.79. The maximum Gasteiger partial charge on any atom is 0.125 e. The van der Waals surface area contributed by atoms with Gasteiger partial charge in [0.15, 0.2) is 0 Å². The fourth-order valence-electron chi connectivity index (χ4n) is 1.74. The van der Waals surface area contributed by atoms with Crippen molar-refractivity contribution in [3.8, 4) is 0 Å². The van der Waals surface area contributed by atoms with Crippen molar-refractivity contribution >= 4 is 0 Å². The lowest BCUT2D eigenvalue weighted by atomic mass is 10.1. The average molecular weight is 193 g/mol. The van der Waals surface area contributed by atoms with Crippen LogP contribution in [0.25, 0.3) is 0 Å². The van der Waals surface area contributed by atoms with Crippen LogP contribution < -0.4 is 5.73 Å². The maximum absolute atomic E-state index is 5.56. The van der Waals surface area contributed by atoms with E-state index in [9.17, 15) is 0 Å². The highest BCUT2D eigenvalue weighted by molar-refractivity contribution is 5.13. The Kier molecular flexibility index (Phi) is 2.74. The lowest BCUT2D eigenvalue weighted by Crippen LogP contribution is -2.07. The molecule has 76 valence electrons. The number of aromatic nitrogens is 2. The van der Waals surface area contributed by atoms with E-state index >= 15 is 0 Å². The highest BCUT2D eigenvalue weighted by Gasteiger charge is 2.19. The van der Waals surface area contributed by atoms with Gasteiger partial charge in [0.1, 0.15) is 5.82 Å². The minimum absolute atomic E-state index is 0.155. The number of hydrogen-bond donors (Lipinski definition) is 1. The van der Waals surface area contributed by atoms with E-state index in [1.807, 2.05) is 13.0 Å². The van der Waals surface area contributed by atoms with Crippen molar-refractivity contribution in [1.82, 2.24) is 9.97 Å². The molecule has 2 rings (SSSR count). The summed E-state index contributed by atoms with van der Waals surface area (Å²) in [6, 6.07) is 1.95. The molecule has 0 radical (unpaired) electrons. The molecule has 2 heterocycles. The molecule has 0 bridgehead atoms. The number of hydrogen-bond acceptors (Lipinski definition) is 4. The van der Waals surface area contributed by atoms with Crippen molar-refractivity contribution < 1.29 is 4.74 Å². The van der Waals surface area contributed by atoms with Crippen LogP contribution >= 0.6 is 0 Å². The molecule has 0 amide bonds. The summed E-state index contributed by atoms with van der Waals surface area (Å²) in [6.45, 7) is 3.19. The van der Waals surface area contributed by atoms with Gasteiger partial charge in [-0.2, -0.15) is 0 Å². The molecular formula is C10H15N3O. The van der Waals surface area contributed by atoms with Gasteiger partial charge < -0.3 is 10.5 Å². The van der Waals surface area contributed by atoms with Crippen LogP contribution in [0, 0.1) is 6.92 Å².